The number of halogens is 1. The molecule has 1 aliphatic rings. The average molecular weight is 343 g/mol. The molecule has 2 amide bonds. The second kappa shape index (κ2) is 6.65. The van der Waals surface area contributed by atoms with Crippen molar-refractivity contribution in [1.29, 1.82) is 0 Å². The second-order valence-corrected chi connectivity index (χ2v) is 6.46. The predicted octanol–water partition coefficient (Wildman–Crippen LogP) is 3.67. The van der Waals surface area contributed by atoms with Gasteiger partial charge in [0.2, 0.25) is 11.8 Å². The summed E-state index contributed by atoms with van der Waals surface area (Å²) in [6, 6.07) is 14.9. The third kappa shape index (κ3) is 3.15. The van der Waals surface area contributed by atoms with E-state index < -0.39 is 0 Å². The molecular formula is C19H19ClN2O2. The quantitative estimate of drug-likeness (QED) is 0.854. The van der Waals surface area contributed by atoms with Crippen LogP contribution in [0.1, 0.15) is 19.4 Å². The molecule has 0 radical (unpaired) electrons. The summed E-state index contributed by atoms with van der Waals surface area (Å²) in [6.45, 7) is 3.50. The molecule has 5 heteroatoms. The van der Waals surface area contributed by atoms with Gasteiger partial charge in [0.05, 0.1) is 0 Å². The minimum absolute atomic E-state index is 0.00956. The van der Waals surface area contributed by atoms with E-state index in [0.717, 1.165) is 12.1 Å². The van der Waals surface area contributed by atoms with Crippen molar-refractivity contribution in [2.45, 2.75) is 26.3 Å². The summed E-state index contributed by atoms with van der Waals surface area (Å²) in [6.07, 6.45) is 0.836. The zero-order valence-corrected chi connectivity index (χ0v) is 14.5. The summed E-state index contributed by atoms with van der Waals surface area (Å²) in [5.74, 6) is -0.261. The van der Waals surface area contributed by atoms with Crippen LogP contribution in [0.2, 0.25) is 5.02 Å². The first kappa shape index (κ1) is 16.5. The number of rotatable bonds is 3. The van der Waals surface area contributed by atoms with Crippen LogP contribution in [0.15, 0.2) is 48.5 Å². The van der Waals surface area contributed by atoms with E-state index in [2.05, 4.69) is 0 Å². The van der Waals surface area contributed by atoms with Gasteiger partial charge in [0, 0.05) is 29.4 Å². The van der Waals surface area contributed by atoms with Gasteiger partial charge in [0.1, 0.15) is 6.54 Å². The van der Waals surface area contributed by atoms with Gasteiger partial charge in [-0.15, -0.1) is 0 Å². The number of anilines is 2. The Morgan fingerprint density at radius 1 is 1.17 bits per heavy atom. The van der Waals surface area contributed by atoms with Crippen LogP contribution in [0.25, 0.3) is 0 Å². The van der Waals surface area contributed by atoms with Gasteiger partial charge in [-0.25, -0.2) is 0 Å². The third-order valence-corrected chi connectivity index (χ3v) is 4.54. The monoisotopic (exact) mass is 342 g/mol. The fraction of sp³-hybridized carbons (Fsp3) is 0.263. The lowest BCUT2D eigenvalue weighted by molar-refractivity contribution is -0.121. The molecule has 0 aromatic heterocycles. The van der Waals surface area contributed by atoms with Crippen molar-refractivity contribution in [3.8, 4) is 0 Å². The molecule has 0 saturated heterocycles. The molecule has 4 nitrogen and oxygen atoms in total. The fourth-order valence-corrected chi connectivity index (χ4v) is 3.29. The Bertz CT molecular complexity index is 773. The number of benzene rings is 2. The summed E-state index contributed by atoms with van der Waals surface area (Å²) in [7, 11) is 0. The Balaban J connectivity index is 1.84. The van der Waals surface area contributed by atoms with Crippen LogP contribution in [0.5, 0.6) is 0 Å². The highest BCUT2D eigenvalue weighted by Gasteiger charge is 2.31. The minimum Gasteiger partial charge on any atom is -0.307 e. The zero-order chi connectivity index (χ0) is 17.3. The van der Waals surface area contributed by atoms with Crippen molar-refractivity contribution < 1.29 is 9.59 Å². The molecule has 1 unspecified atom stereocenters. The normalized spacial score (nSPS) is 16.0. The first-order valence-electron chi connectivity index (χ1n) is 7.91. The first-order chi connectivity index (χ1) is 11.5. The van der Waals surface area contributed by atoms with Gasteiger partial charge >= 0.3 is 0 Å². The molecule has 0 fully saturated rings. The minimum atomic E-state index is -0.175. The van der Waals surface area contributed by atoms with Crippen LogP contribution in [0.3, 0.4) is 0 Å². The lowest BCUT2D eigenvalue weighted by Gasteiger charge is -2.27. The number of nitrogens with zero attached hydrogens (tertiary/aromatic N) is 2. The molecule has 1 atom stereocenters. The Morgan fingerprint density at radius 3 is 2.50 bits per heavy atom. The van der Waals surface area contributed by atoms with Gasteiger partial charge in [-0.05, 0) is 49.2 Å². The van der Waals surface area contributed by atoms with Gasteiger partial charge in [0.15, 0.2) is 0 Å². The Morgan fingerprint density at radius 2 is 1.83 bits per heavy atom. The number of carbonyl (C=O) groups is 2. The third-order valence-electron chi connectivity index (χ3n) is 4.29. The van der Waals surface area contributed by atoms with Gasteiger partial charge in [0.25, 0.3) is 0 Å². The Labute approximate surface area is 146 Å². The number of amides is 2. The molecule has 0 N–H and O–H groups in total. The largest absolute Gasteiger partial charge is 0.307 e. The van der Waals surface area contributed by atoms with Gasteiger partial charge in [-0.1, -0.05) is 29.8 Å². The molecule has 2 aromatic carbocycles. The van der Waals surface area contributed by atoms with E-state index >= 15 is 0 Å². The summed E-state index contributed by atoms with van der Waals surface area (Å²) < 4.78 is 0. The number of carbonyl (C=O) groups excluding carboxylic acids is 2. The van der Waals surface area contributed by atoms with E-state index in [0.29, 0.717) is 10.7 Å². The summed E-state index contributed by atoms with van der Waals surface area (Å²) in [5.41, 5.74) is 2.77. The maximum Gasteiger partial charge on any atom is 0.247 e. The van der Waals surface area contributed by atoms with E-state index in [4.69, 9.17) is 11.6 Å². The predicted molar refractivity (Wildman–Crippen MR) is 96.6 cm³/mol. The molecular weight excluding hydrogens is 324 g/mol. The lowest BCUT2D eigenvalue weighted by atomic mass is 10.1. The topological polar surface area (TPSA) is 40.6 Å². The smallest absolute Gasteiger partial charge is 0.247 e. The molecule has 0 aliphatic carbocycles. The van der Waals surface area contributed by atoms with Crippen LogP contribution in [0.4, 0.5) is 11.4 Å². The van der Waals surface area contributed by atoms with Crippen LogP contribution in [0, 0.1) is 0 Å². The van der Waals surface area contributed by atoms with Crippen molar-refractivity contribution in [3.63, 3.8) is 0 Å². The second-order valence-electron chi connectivity index (χ2n) is 6.03. The molecule has 3 rings (SSSR count). The summed E-state index contributed by atoms with van der Waals surface area (Å²) in [4.78, 5) is 28.2. The van der Waals surface area contributed by atoms with Crippen LogP contribution in [-0.2, 0) is 16.0 Å². The van der Waals surface area contributed by atoms with Crippen molar-refractivity contribution in [3.05, 3.63) is 59.1 Å². The first-order valence-corrected chi connectivity index (χ1v) is 8.29. The average Bonchev–Trinajstić information content (AvgIpc) is 2.89. The SMILES string of the molecule is CC(=O)N(CC(=O)N1c2ccccc2CC1C)c1ccc(Cl)cc1. The zero-order valence-electron chi connectivity index (χ0n) is 13.7. The molecule has 2 aromatic rings. The maximum absolute atomic E-state index is 12.9. The van der Waals surface area contributed by atoms with E-state index in [-0.39, 0.29) is 24.4 Å². The number of para-hydroxylation sites is 1. The molecule has 1 heterocycles. The van der Waals surface area contributed by atoms with E-state index in [9.17, 15) is 9.59 Å². The number of hydrogen-bond donors (Lipinski definition) is 0. The number of hydrogen-bond acceptors (Lipinski definition) is 2. The van der Waals surface area contributed by atoms with Crippen molar-refractivity contribution in [2.24, 2.45) is 0 Å². The summed E-state index contributed by atoms with van der Waals surface area (Å²) in [5, 5.41) is 0.593. The number of fused-ring (bicyclic) bond motifs is 1. The Kier molecular flexibility index (Phi) is 4.58. The van der Waals surface area contributed by atoms with Gasteiger partial charge in [-0.3, -0.25) is 9.59 Å². The van der Waals surface area contributed by atoms with E-state index in [1.165, 1.54) is 17.4 Å². The lowest BCUT2D eigenvalue weighted by Crippen LogP contribution is -2.44. The van der Waals surface area contributed by atoms with E-state index in [1.807, 2.05) is 31.2 Å². The fourth-order valence-electron chi connectivity index (χ4n) is 3.16. The highest BCUT2D eigenvalue weighted by molar-refractivity contribution is 6.30. The van der Waals surface area contributed by atoms with E-state index in [1.54, 1.807) is 29.2 Å². The molecule has 0 spiro atoms. The molecule has 1 aliphatic heterocycles. The van der Waals surface area contributed by atoms with Crippen LogP contribution in [-0.4, -0.2) is 24.4 Å². The van der Waals surface area contributed by atoms with Crippen LogP contribution < -0.4 is 9.80 Å². The molecule has 24 heavy (non-hydrogen) atoms. The summed E-state index contributed by atoms with van der Waals surface area (Å²) >= 11 is 5.90. The van der Waals surface area contributed by atoms with Crippen LogP contribution >= 0.6 is 11.6 Å². The molecule has 0 saturated carbocycles. The van der Waals surface area contributed by atoms with Gasteiger partial charge in [-0.2, -0.15) is 0 Å². The van der Waals surface area contributed by atoms with Crippen molar-refractivity contribution >= 4 is 34.8 Å². The Hall–Kier alpha value is -2.33. The van der Waals surface area contributed by atoms with Crippen molar-refractivity contribution in [1.82, 2.24) is 0 Å². The highest BCUT2D eigenvalue weighted by Crippen LogP contribution is 2.32. The van der Waals surface area contributed by atoms with Crippen molar-refractivity contribution in [2.75, 3.05) is 16.3 Å². The molecule has 124 valence electrons. The van der Waals surface area contributed by atoms with Gasteiger partial charge < -0.3 is 9.80 Å². The molecule has 0 bridgehead atoms. The standard InChI is InChI=1S/C19H19ClN2O2/c1-13-11-15-5-3-4-6-18(15)22(13)19(24)12-21(14(2)23)17-9-7-16(20)8-10-17/h3-10,13H,11-12H2,1-2H3. The maximum atomic E-state index is 12.9. The highest BCUT2D eigenvalue weighted by atomic mass is 35.5.